The van der Waals surface area contributed by atoms with Gasteiger partial charge in [0.1, 0.15) is 6.54 Å². The van der Waals surface area contributed by atoms with Gasteiger partial charge < -0.3 is 9.64 Å². The summed E-state index contributed by atoms with van der Waals surface area (Å²) in [5, 5.41) is 10.8. The second-order valence-corrected chi connectivity index (χ2v) is 6.06. The smallest absolute Gasteiger partial charge is 0.325 e. The van der Waals surface area contributed by atoms with E-state index in [1.54, 1.807) is 24.3 Å². The van der Waals surface area contributed by atoms with Crippen molar-refractivity contribution in [1.82, 2.24) is 0 Å². The summed E-state index contributed by atoms with van der Waals surface area (Å²) >= 11 is 0. The maximum Gasteiger partial charge on any atom is 0.325 e. The molecule has 0 saturated carbocycles. The van der Waals surface area contributed by atoms with Crippen LogP contribution in [0.3, 0.4) is 0 Å². The van der Waals surface area contributed by atoms with Crippen molar-refractivity contribution in [2.75, 3.05) is 30.0 Å². The number of ether oxygens (including phenoxy) is 1. The summed E-state index contributed by atoms with van der Waals surface area (Å²) in [6.07, 6.45) is 0.0182. The fourth-order valence-electron chi connectivity index (χ4n) is 2.98. The third kappa shape index (κ3) is 3.68. The summed E-state index contributed by atoms with van der Waals surface area (Å²) in [6, 6.07) is 12.0. The maximum absolute atomic E-state index is 13.0. The van der Waals surface area contributed by atoms with Gasteiger partial charge in [-0.2, -0.15) is 0 Å². The molecular weight excluding hydrogens is 366 g/mol. The zero-order chi connectivity index (χ0) is 20.3. The molecule has 9 nitrogen and oxygen atoms in total. The fraction of sp³-hybridized carbons (Fsp3) is 0.211. The molecule has 2 aromatic carbocycles. The van der Waals surface area contributed by atoms with Crippen LogP contribution < -0.4 is 9.80 Å². The minimum absolute atomic E-state index is 0.0182. The summed E-state index contributed by atoms with van der Waals surface area (Å²) in [7, 11) is 1.24. The highest BCUT2D eigenvalue weighted by Gasteiger charge is 2.31. The zero-order valence-electron chi connectivity index (χ0n) is 15.0. The van der Waals surface area contributed by atoms with Gasteiger partial charge in [-0.25, -0.2) is 0 Å². The number of anilines is 2. The standard InChI is InChI=1S/C19H17N3O6/c1-28-18(24)12-21-16-5-3-2-4-15(16)20(11-10-17(21)23)19(25)13-6-8-14(9-7-13)22(26)27/h2-9H,10-12H2,1H3. The van der Waals surface area contributed by atoms with Crippen molar-refractivity contribution < 1.29 is 24.0 Å². The minimum Gasteiger partial charge on any atom is -0.468 e. The zero-order valence-corrected chi connectivity index (χ0v) is 15.0. The highest BCUT2D eigenvalue weighted by atomic mass is 16.6. The topological polar surface area (TPSA) is 110 Å². The van der Waals surface area contributed by atoms with Gasteiger partial charge in [-0.15, -0.1) is 0 Å². The van der Waals surface area contributed by atoms with E-state index in [-0.39, 0.29) is 36.7 Å². The molecule has 0 saturated heterocycles. The molecule has 1 aliphatic heterocycles. The van der Waals surface area contributed by atoms with E-state index in [1.165, 1.54) is 41.2 Å². The number of hydrogen-bond acceptors (Lipinski definition) is 6. The Morgan fingerprint density at radius 1 is 1.11 bits per heavy atom. The van der Waals surface area contributed by atoms with Gasteiger partial charge in [0.2, 0.25) is 5.91 Å². The molecule has 2 amide bonds. The highest BCUT2D eigenvalue weighted by molar-refractivity contribution is 6.11. The number of non-ortho nitro benzene ring substituents is 1. The lowest BCUT2D eigenvalue weighted by Crippen LogP contribution is -2.35. The Bertz CT molecular complexity index is 941. The summed E-state index contributed by atoms with van der Waals surface area (Å²) in [5.41, 5.74) is 1.03. The molecule has 1 heterocycles. The Morgan fingerprint density at radius 2 is 1.75 bits per heavy atom. The third-order valence-corrected chi connectivity index (χ3v) is 4.40. The molecule has 144 valence electrons. The molecule has 0 aliphatic carbocycles. The molecule has 2 aromatic rings. The van der Waals surface area contributed by atoms with Gasteiger partial charge in [0.05, 0.1) is 23.4 Å². The number of nitrogens with zero attached hydrogens (tertiary/aromatic N) is 3. The number of para-hydroxylation sites is 2. The second kappa shape index (κ2) is 7.87. The number of fused-ring (bicyclic) bond motifs is 1. The van der Waals surface area contributed by atoms with Crippen molar-refractivity contribution in [3.8, 4) is 0 Å². The molecule has 0 N–H and O–H groups in total. The van der Waals surface area contributed by atoms with Crippen molar-refractivity contribution in [2.45, 2.75) is 6.42 Å². The molecule has 28 heavy (non-hydrogen) atoms. The van der Waals surface area contributed by atoms with Crippen molar-refractivity contribution in [3.05, 3.63) is 64.2 Å². The molecule has 0 spiro atoms. The number of methoxy groups -OCH3 is 1. The number of benzene rings is 2. The molecular formula is C19H17N3O6. The van der Waals surface area contributed by atoms with E-state index in [0.717, 1.165) is 0 Å². The number of rotatable bonds is 4. The second-order valence-electron chi connectivity index (χ2n) is 6.06. The monoisotopic (exact) mass is 383 g/mol. The SMILES string of the molecule is COC(=O)CN1C(=O)CCN(C(=O)c2ccc([N+](=O)[O-])cc2)c2ccccc21. The molecule has 0 unspecified atom stereocenters. The van der Waals surface area contributed by atoms with E-state index < -0.39 is 16.8 Å². The van der Waals surface area contributed by atoms with Crippen LogP contribution in [-0.2, 0) is 14.3 Å². The third-order valence-electron chi connectivity index (χ3n) is 4.40. The van der Waals surface area contributed by atoms with E-state index in [2.05, 4.69) is 4.74 Å². The number of carbonyl (C=O) groups is 3. The molecule has 0 aromatic heterocycles. The van der Waals surface area contributed by atoms with E-state index in [4.69, 9.17) is 0 Å². The van der Waals surface area contributed by atoms with Crippen molar-refractivity contribution >= 4 is 34.8 Å². The van der Waals surface area contributed by atoms with E-state index in [1.807, 2.05) is 0 Å². The molecule has 0 atom stereocenters. The van der Waals surface area contributed by atoms with Crippen molar-refractivity contribution in [1.29, 1.82) is 0 Å². The average Bonchev–Trinajstić information content (AvgIpc) is 2.84. The predicted octanol–water partition coefficient (Wildman–Crippen LogP) is 2.15. The van der Waals surface area contributed by atoms with Crippen LogP contribution >= 0.6 is 0 Å². The van der Waals surface area contributed by atoms with E-state index in [9.17, 15) is 24.5 Å². The number of amides is 2. The lowest BCUT2D eigenvalue weighted by molar-refractivity contribution is -0.384. The van der Waals surface area contributed by atoms with Crippen LogP contribution in [0.15, 0.2) is 48.5 Å². The largest absolute Gasteiger partial charge is 0.468 e. The first-order chi connectivity index (χ1) is 13.4. The Kier molecular flexibility index (Phi) is 5.35. The maximum atomic E-state index is 13.0. The van der Waals surface area contributed by atoms with Gasteiger partial charge in [-0.05, 0) is 24.3 Å². The normalized spacial score (nSPS) is 13.5. The van der Waals surface area contributed by atoms with Crippen LogP contribution in [-0.4, -0.2) is 42.9 Å². The van der Waals surface area contributed by atoms with Crippen molar-refractivity contribution in [3.63, 3.8) is 0 Å². The van der Waals surface area contributed by atoms with E-state index >= 15 is 0 Å². The van der Waals surface area contributed by atoms with Crippen LogP contribution in [0.1, 0.15) is 16.8 Å². The van der Waals surface area contributed by atoms with E-state index in [0.29, 0.717) is 11.4 Å². The van der Waals surface area contributed by atoms with Gasteiger partial charge in [0.25, 0.3) is 11.6 Å². The molecule has 0 fully saturated rings. The number of carbonyl (C=O) groups excluding carboxylic acids is 3. The fourth-order valence-corrected chi connectivity index (χ4v) is 2.98. The minimum atomic E-state index is -0.571. The first kappa shape index (κ1) is 19.0. The highest BCUT2D eigenvalue weighted by Crippen LogP contribution is 2.33. The molecule has 0 bridgehead atoms. The average molecular weight is 383 g/mol. The van der Waals surface area contributed by atoms with Gasteiger partial charge in [-0.1, -0.05) is 12.1 Å². The lowest BCUT2D eigenvalue weighted by Gasteiger charge is -2.25. The number of esters is 1. The Labute approximate surface area is 160 Å². The van der Waals surface area contributed by atoms with Gasteiger partial charge in [0, 0.05) is 30.7 Å². The molecule has 0 radical (unpaired) electrons. The van der Waals surface area contributed by atoms with Crippen LogP contribution in [0.4, 0.5) is 17.1 Å². The van der Waals surface area contributed by atoms with Gasteiger partial charge >= 0.3 is 5.97 Å². The summed E-state index contributed by atoms with van der Waals surface area (Å²) in [5.74, 6) is -1.27. The van der Waals surface area contributed by atoms with Crippen LogP contribution in [0.2, 0.25) is 0 Å². The van der Waals surface area contributed by atoms with Crippen molar-refractivity contribution in [2.24, 2.45) is 0 Å². The Balaban J connectivity index is 1.98. The molecule has 3 rings (SSSR count). The first-order valence-electron chi connectivity index (χ1n) is 8.45. The molecule has 1 aliphatic rings. The number of hydrogen-bond donors (Lipinski definition) is 0. The Hall–Kier alpha value is -3.75. The number of nitro groups is 1. The molecule has 9 heteroatoms. The summed E-state index contributed by atoms with van der Waals surface area (Å²) in [6.45, 7) is -0.144. The van der Waals surface area contributed by atoms with Gasteiger partial charge in [-0.3, -0.25) is 29.4 Å². The first-order valence-corrected chi connectivity index (χ1v) is 8.45. The predicted molar refractivity (Wildman–Crippen MR) is 100 cm³/mol. The lowest BCUT2D eigenvalue weighted by atomic mass is 10.1. The Morgan fingerprint density at radius 3 is 2.36 bits per heavy atom. The summed E-state index contributed by atoms with van der Waals surface area (Å²) < 4.78 is 4.66. The summed E-state index contributed by atoms with van der Waals surface area (Å²) in [4.78, 5) is 50.3. The van der Waals surface area contributed by atoms with Crippen LogP contribution in [0, 0.1) is 10.1 Å². The van der Waals surface area contributed by atoms with Gasteiger partial charge in [0.15, 0.2) is 0 Å². The number of nitro benzene ring substituents is 1. The van der Waals surface area contributed by atoms with Crippen LogP contribution in [0.25, 0.3) is 0 Å². The quantitative estimate of drug-likeness (QED) is 0.454. The van der Waals surface area contributed by atoms with Crippen LogP contribution in [0.5, 0.6) is 0 Å².